The van der Waals surface area contributed by atoms with Crippen molar-refractivity contribution in [2.75, 3.05) is 13.7 Å². The van der Waals surface area contributed by atoms with Crippen LogP contribution in [0, 0.1) is 17.8 Å². The number of benzene rings is 2. The number of hydrogen-bond donors (Lipinski definition) is 1. The fraction of sp³-hybridized carbons (Fsp3) is 0.423. The van der Waals surface area contributed by atoms with Crippen molar-refractivity contribution < 1.29 is 19.1 Å². The molecule has 2 aromatic rings. The van der Waals surface area contributed by atoms with E-state index in [-0.39, 0.29) is 24.3 Å². The zero-order valence-electron chi connectivity index (χ0n) is 19.6. The first kappa shape index (κ1) is 24.7. The number of halogens is 2. The van der Waals surface area contributed by atoms with Crippen LogP contribution in [0.3, 0.4) is 0 Å². The summed E-state index contributed by atoms with van der Waals surface area (Å²) in [5.74, 6) is -2.47. The van der Waals surface area contributed by atoms with E-state index in [0.717, 1.165) is 16.7 Å². The Balaban J connectivity index is 1.76. The molecule has 2 aliphatic rings. The number of fused-ring (bicyclic) bond motifs is 1. The van der Waals surface area contributed by atoms with E-state index in [4.69, 9.17) is 27.9 Å². The molecule has 1 N–H and O–H groups in total. The molecule has 2 heterocycles. The van der Waals surface area contributed by atoms with Crippen molar-refractivity contribution in [3.8, 4) is 11.1 Å². The second-order valence-corrected chi connectivity index (χ2v) is 10.2. The minimum Gasteiger partial charge on any atom is -0.468 e. The van der Waals surface area contributed by atoms with Crippen LogP contribution in [-0.4, -0.2) is 41.9 Å². The highest BCUT2D eigenvalue weighted by Crippen LogP contribution is 2.51. The van der Waals surface area contributed by atoms with Crippen LogP contribution in [0.25, 0.3) is 11.1 Å². The first-order chi connectivity index (χ1) is 16.1. The summed E-state index contributed by atoms with van der Waals surface area (Å²) >= 11 is 12.2. The van der Waals surface area contributed by atoms with E-state index in [0.29, 0.717) is 16.5 Å². The van der Waals surface area contributed by atoms with Gasteiger partial charge in [-0.15, -0.1) is 0 Å². The summed E-state index contributed by atoms with van der Waals surface area (Å²) in [5.41, 5.74) is 1.40. The number of carbonyl (C=O) groups excluding carboxylic acids is 3. The van der Waals surface area contributed by atoms with Crippen molar-refractivity contribution in [2.24, 2.45) is 17.8 Å². The number of imide groups is 1. The standard InChI is InChI=1S/C26H28Cl2N2O4/c1-5-30-23(31)20-21(24(30)32)26(13-14(2)3,25(33)34-4)29-22(20)16-8-6-15(7-9-16)17-10-11-18(27)19(28)12-17/h6-12,14,20-22,29H,5,13H2,1-4H3/t20?,21?,22?,26-/m1/s1. The summed E-state index contributed by atoms with van der Waals surface area (Å²) in [6, 6.07) is 12.6. The van der Waals surface area contributed by atoms with Crippen LogP contribution in [-0.2, 0) is 19.1 Å². The molecule has 0 bridgehead atoms. The van der Waals surface area contributed by atoms with Crippen molar-refractivity contribution in [1.29, 1.82) is 0 Å². The lowest BCUT2D eigenvalue weighted by molar-refractivity contribution is -0.155. The number of methoxy groups -OCH3 is 1. The van der Waals surface area contributed by atoms with E-state index in [2.05, 4.69) is 5.32 Å². The molecule has 3 unspecified atom stereocenters. The van der Waals surface area contributed by atoms with E-state index in [1.54, 1.807) is 19.1 Å². The molecule has 2 amide bonds. The van der Waals surface area contributed by atoms with Gasteiger partial charge >= 0.3 is 5.97 Å². The number of esters is 1. The third-order valence-corrected chi connectivity index (χ3v) is 7.60. The largest absolute Gasteiger partial charge is 0.468 e. The summed E-state index contributed by atoms with van der Waals surface area (Å²) < 4.78 is 5.17. The van der Waals surface area contributed by atoms with Crippen molar-refractivity contribution in [3.05, 3.63) is 58.1 Å². The highest BCUT2D eigenvalue weighted by atomic mass is 35.5. The predicted octanol–water partition coefficient (Wildman–Crippen LogP) is 4.88. The highest BCUT2D eigenvalue weighted by Gasteiger charge is 2.68. The van der Waals surface area contributed by atoms with Crippen LogP contribution in [0.5, 0.6) is 0 Å². The quantitative estimate of drug-likeness (QED) is 0.449. The van der Waals surface area contributed by atoms with Gasteiger partial charge in [-0.05, 0) is 48.1 Å². The number of carbonyl (C=O) groups is 3. The maximum absolute atomic E-state index is 13.4. The van der Waals surface area contributed by atoms with Gasteiger partial charge in [-0.3, -0.25) is 24.6 Å². The second-order valence-electron chi connectivity index (χ2n) is 9.36. The van der Waals surface area contributed by atoms with Gasteiger partial charge in [-0.1, -0.05) is 67.4 Å². The average Bonchev–Trinajstić information content (AvgIpc) is 3.28. The molecule has 34 heavy (non-hydrogen) atoms. The molecule has 8 heteroatoms. The van der Waals surface area contributed by atoms with E-state index in [1.807, 2.05) is 44.2 Å². The fourth-order valence-corrected chi connectivity index (χ4v) is 5.80. The molecule has 0 aromatic heterocycles. The number of likely N-dealkylation sites (tertiary alicyclic amines) is 1. The Labute approximate surface area is 209 Å². The third kappa shape index (κ3) is 3.92. The molecule has 180 valence electrons. The zero-order valence-corrected chi connectivity index (χ0v) is 21.1. The van der Waals surface area contributed by atoms with Gasteiger partial charge in [0.2, 0.25) is 11.8 Å². The van der Waals surface area contributed by atoms with Crippen molar-refractivity contribution in [1.82, 2.24) is 10.2 Å². The van der Waals surface area contributed by atoms with Gasteiger partial charge in [0.05, 0.1) is 29.0 Å². The predicted molar refractivity (Wildman–Crippen MR) is 131 cm³/mol. The maximum Gasteiger partial charge on any atom is 0.326 e. The van der Waals surface area contributed by atoms with Crippen LogP contribution in [0.2, 0.25) is 10.0 Å². The number of ether oxygens (including phenoxy) is 1. The monoisotopic (exact) mass is 502 g/mol. The zero-order chi connectivity index (χ0) is 24.8. The number of hydrogen-bond acceptors (Lipinski definition) is 5. The Morgan fingerprint density at radius 3 is 2.26 bits per heavy atom. The fourth-order valence-electron chi connectivity index (χ4n) is 5.50. The summed E-state index contributed by atoms with van der Waals surface area (Å²) in [7, 11) is 1.32. The second kappa shape index (κ2) is 9.33. The van der Waals surface area contributed by atoms with Crippen LogP contribution in [0.1, 0.15) is 38.8 Å². The highest BCUT2D eigenvalue weighted by molar-refractivity contribution is 6.42. The summed E-state index contributed by atoms with van der Waals surface area (Å²) in [4.78, 5) is 41.1. The lowest BCUT2D eigenvalue weighted by Crippen LogP contribution is -2.57. The lowest BCUT2D eigenvalue weighted by Gasteiger charge is -2.33. The molecule has 2 fully saturated rings. The smallest absolute Gasteiger partial charge is 0.326 e. The van der Waals surface area contributed by atoms with Crippen LogP contribution >= 0.6 is 23.2 Å². The Morgan fingerprint density at radius 1 is 1.06 bits per heavy atom. The molecule has 0 spiro atoms. The Bertz CT molecular complexity index is 1130. The van der Waals surface area contributed by atoms with Gasteiger partial charge in [0, 0.05) is 12.6 Å². The van der Waals surface area contributed by atoms with Gasteiger partial charge in [0.25, 0.3) is 0 Å². The third-order valence-electron chi connectivity index (χ3n) is 6.86. The first-order valence-electron chi connectivity index (χ1n) is 11.4. The van der Waals surface area contributed by atoms with E-state index in [1.165, 1.54) is 12.0 Å². The van der Waals surface area contributed by atoms with Gasteiger partial charge < -0.3 is 4.74 Å². The van der Waals surface area contributed by atoms with Gasteiger partial charge in [0.1, 0.15) is 5.54 Å². The Kier molecular flexibility index (Phi) is 6.78. The topological polar surface area (TPSA) is 75.7 Å². The van der Waals surface area contributed by atoms with E-state index in [9.17, 15) is 14.4 Å². The van der Waals surface area contributed by atoms with Crippen molar-refractivity contribution in [3.63, 3.8) is 0 Å². The SMILES string of the molecule is CCN1C(=O)C2C(c3ccc(-c4ccc(Cl)c(Cl)c4)cc3)N[C@@](CC(C)C)(C(=O)OC)C2C1=O. The van der Waals surface area contributed by atoms with Gasteiger partial charge in [0.15, 0.2) is 0 Å². The lowest BCUT2D eigenvalue weighted by atomic mass is 9.75. The summed E-state index contributed by atoms with van der Waals surface area (Å²) in [6.07, 6.45) is 0.384. The molecule has 4 atom stereocenters. The number of nitrogens with one attached hydrogen (secondary N) is 1. The number of rotatable bonds is 6. The molecule has 0 saturated carbocycles. The van der Waals surface area contributed by atoms with Crippen molar-refractivity contribution in [2.45, 2.75) is 38.8 Å². The normalized spacial score (nSPS) is 26.3. The maximum atomic E-state index is 13.4. The first-order valence-corrected chi connectivity index (χ1v) is 12.2. The average molecular weight is 503 g/mol. The molecule has 6 nitrogen and oxygen atoms in total. The van der Waals surface area contributed by atoms with Gasteiger partial charge in [-0.2, -0.15) is 0 Å². The molecule has 2 aliphatic heterocycles. The van der Waals surface area contributed by atoms with Crippen LogP contribution in [0.4, 0.5) is 0 Å². The summed E-state index contributed by atoms with van der Waals surface area (Å²) in [6.45, 7) is 6.01. The molecular weight excluding hydrogens is 475 g/mol. The van der Waals surface area contributed by atoms with Gasteiger partial charge in [-0.25, -0.2) is 0 Å². The molecule has 2 saturated heterocycles. The molecule has 4 rings (SSSR count). The Morgan fingerprint density at radius 2 is 1.71 bits per heavy atom. The van der Waals surface area contributed by atoms with E-state index >= 15 is 0 Å². The molecule has 0 aliphatic carbocycles. The van der Waals surface area contributed by atoms with Crippen LogP contribution in [0.15, 0.2) is 42.5 Å². The Hall–Kier alpha value is -2.41. The molecular formula is C26H28Cl2N2O4. The molecule has 2 aromatic carbocycles. The van der Waals surface area contributed by atoms with Crippen molar-refractivity contribution >= 4 is 41.0 Å². The number of nitrogens with zero attached hydrogens (tertiary/aromatic N) is 1. The minimum absolute atomic E-state index is 0.0987. The number of amides is 2. The molecule has 0 radical (unpaired) electrons. The minimum atomic E-state index is -1.27. The van der Waals surface area contributed by atoms with E-state index < -0.39 is 29.4 Å². The summed E-state index contributed by atoms with van der Waals surface area (Å²) in [5, 5.41) is 4.36. The van der Waals surface area contributed by atoms with Crippen LogP contribution < -0.4 is 5.32 Å².